The number of nitro groups is 1. The third-order valence-corrected chi connectivity index (χ3v) is 5.80. The van der Waals surface area contributed by atoms with E-state index in [4.69, 9.17) is 9.47 Å². The lowest BCUT2D eigenvalue weighted by Crippen LogP contribution is -2.23. The normalized spacial score (nSPS) is 11.4. The van der Waals surface area contributed by atoms with Gasteiger partial charge in [-0.25, -0.2) is 0 Å². The summed E-state index contributed by atoms with van der Waals surface area (Å²) >= 11 is 1.86. The molecule has 0 heterocycles. The van der Waals surface area contributed by atoms with Crippen molar-refractivity contribution < 1.29 is 32.4 Å². The number of nitro benzene ring substituents is 1. The smallest absolute Gasteiger partial charge is 0.416 e. The maximum atomic E-state index is 13.0. The SMILES string of the molecule is CCOc1cc(/C=C(\C#N)C(=O)NCc2ccccc2)cc(I)c1Oc1ccc(C(F)(F)F)cc1[N+](=O)[O-]. The minimum Gasteiger partial charge on any atom is -0.490 e. The van der Waals surface area contributed by atoms with E-state index in [1.165, 1.54) is 18.2 Å². The van der Waals surface area contributed by atoms with Crippen LogP contribution < -0.4 is 14.8 Å². The maximum absolute atomic E-state index is 13.0. The van der Waals surface area contributed by atoms with Crippen LogP contribution in [0.5, 0.6) is 17.2 Å². The Balaban J connectivity index is 1.93. The second kappa shape index (κ2) is 12.4. The van der Waals surface area contributed by atoms with E-state index in [2.05, 4.69) is 5.32 Å². The van der Waals surface area contributed by atoms with E-state index in [-0.39, 0.29) is 30.2 Å². The van der Waals surface area contributed by atoms with Crippen LogP contribution in [0.25, 0.3) is 6.08 Å². The van der Waals surface area contributed by atoms with Crippen LogP contribution in [0.4, 0.5) is 18.9 Å². The Morgan fingerprint density at radius 1 is 1.16 bits per heavy atom. The first-order valence-electron chi connectivity index (χ1n) is 11.0. The summed E-state index contributed by atoms with van der Waals surface area (Å²) < 4.78 is 50.8. The molecule has 0 aromatic heterocycles. The average molecular weight is 637 g/mol. The van der Waals surface area contributed by atoms with Crippen LogP contribution in [-0.4, -0.2) is 17.4 Å². The van der Waals surface area contributed by atoms with Gasteiger partial charge >= 0.3 is 11.9 Å². The Hall–Kier alpha value is -4.12. The summed E-state index contributed by atoms with van der Waals surface area (Å²) in [7, 11) is 0. The van der Waals surface area contributed by atoms with Crippen molar-refractivity contribution >= 4 is 40.3 Å². The van der Waals surface area contributed by atoms with Gasteiger partial charge in [-0.2, -0.15) is 18.4 Å². The Labute approximate surface area is 229 Å². The molecule has 3 aromatic carbocycles. The van der Waals surface area contributed by atoms with E-state index in [0.29, 0.717) is 21.3 Å². The lowest BCUT2D eigenvalue weighted by atomic mass is 10.1. The van der Waals surface area contributed by atoms with E-state index in [0.717, 1.165) is 11.6 Å². The van der Waals surface area contributed by atoms with Gasteiger partial charge < -0.3 is 14.8 Å². The van der Waals surface area contributed by atoms with Gasteiger partial charge in [0.2, 0.25) is 5.75 Å². The fourth-order valence-corrected chi connectivity index (χ4v) is 3.99. The van der Waals surface area contributed by atoms with Crippen molar-refractivity contribution in [3.05, 3.63) is 96.6 Å². The molecule has 0 aliphatic carbocycles. The summed E-state index contributed by atoms with van der Waals surface area (Å²) in [6.45, 7) is 2.06. The molecule has 0 aliphatic rings. The van der Waals surface area contributed by atoms with Crippen LogP contribution in [0.1, 0.15) is 23.6 Å². The number of halogens is 4. The third-order valence-electron chi connectivity index (χ3n) is 5.00. The van der Waals surface area contributed by atoms with Crippen LogP contribution in [0.15, 0.2) is 66.2 Å². The maximum Gasteiger partial charge on any atom is 0.416 e. The average Bonchev–Trinajstić information content (AvgIpc) is 2.88. The minimum atomic E-state index is -4.77. The predicted molar refractivity (Wildman–Crippen MR) is 140 cm³/mol. The van der Waals surface area contributed by atoms with Crippen molar-refractivity contribution in [2.75, 3.05) is 6.61 Å². The second-order valence-electron chi connectivity index (χ2n) is 7.64. The first-order valence-corrected chi connectivity index (χ1v) is 12.0. The van der Waals surface area contributed by atoms with E-state index in [9.17, 15) is 33.3 Å². The van der Waals surface area contributed by atoms with Crippen LogP contribution in [0, 0.1) is 25.0 Å². The first kappa shape index (κ1) is 28.5. The topological polar surface area (TPSA) is 114 Å². The van der Waals surface area contributed by atoms with Crippen LogP contribution in [0.2, 0.25) is 0 Å². The molecule has 0 atom stereocenters. The van der Waals surface area contributed by atoms with Gasteiger partial charge in [0, 0.05) is 12.6 Å². The van der Waals surface area contributed by atoms with Crippen molar-refractivity contribution in [2.24, 2.45) is 0 Å². The largest absolute Gasteiger partial charge is 0.490 e. The highest BCUT2D eigenvalue weighted by Gasteiger charge is 2.33. The van der Waals surface area contributed by atoms with Gasteiger partial charge in [0.05, 0.1) is 20.7 Å². The van der Waals surface area contributed by atoms with Gasteiger partial charge in [0.15, 0.2) is 11.5 Å². The molecular formula is C26H19F3IN3O5. The molecule has 0 bridgehead atoms. The number of benzene rings is 3. The number of carbonyl (C=O) groups is 1. The van der Waals surface area contributed by atoms with E-state index < -0.39 is 34.0 Å². The zero-order valence-corrected chi connectivity index (χ0v) is 21.9. The van der Waals surface area contributed by atoms with Crippen LogP contribution in [-0.2, 0) is 17.5 Å². The Bertz CT molecular complexity index is 1420. The van der Waals surface area contributed by atoms with Crippen molar-refractivity contribution in [3.63, 3.8) is 0 Å². The molecule has 3 aromatic rings. The molecule has 1 N–H and O–H groups in total. The molecule has 8 nitrogen and oxygen atoms in total. The number of hydrogen-bond donors (Lipinski definition) is 1. The number of nitriles is 1. The van der Waals surface area contributed by atoms with Gasteiger partial charge in [-0.15, -0.1) is 0 Å². The van der Waals surface area contributed by atoms with E-state index in [1.807, 2.05) is 59.0 Å². The fourth-order valence-electron chi connectivity index (χ4n) is 3.25. The third kappa shape index (κ3) is 7.22. The monoisotopic (exact) mass is 637 g/mol. The number of ether oxygens (including phenoxy) is 2. The first-order chi connectivity index (χ1) is 18.0. The molecule has 196 valence electrons. The molecule has 12 heteroatoms. The number of hydrogen-bond acceptors (Lipinski definition) is 6. The van der Waals surface area contributed by atoms with Gasteiger partial charge in [-0.05, 0) is 71.0 Å². The zero-order valence-electron chi connectivity index (χ0n) is 19.7. The highest BCUT2D eigenvalue weighted by Crippen LogP contribution is 2.42. The summed E-state index contributed by atoms with van der Waals surface area (Å²) in [4.78, 5) is 23.0. The lowest BCUT2D eigenvalue weighted by molar-refractivity contribution is -0.385. The predicted octanol–water partition coefficient (Wildman–Crippen LogP) is 6.63. The number of nitrogens with one attached hydrogen (secondary N) is 1. The van der Waals surface area contributed by atoms with Gasteiger partial charge in [-0.3, -0.25) is 14.9 Å². The number of alkyl halides is 3. The number of carbonyl (C=O) groups excluding carboxylic acids is 1. The molecule has 0 aliphatic heterocycles. The molecule has 0 saturated carbocycles. The summed E-state index contributed by atoms with van der Waals surface area (Å²) in [5.74, 6) is -0.866. The Morgan fingerprint density at radius 2 is 1.87 bits per heavy atom. The highest BCUT2D eigenvalue weighted by atomic mass is 127. The zero-order chi connectivity index (χ0) is 27.9. The van der Waals surface area contributed by atoms with Gasteiger partial charge in [0.25, 0.3) is 5.91 Å². The summed E-state index contributed by atoms with van der Waals surface area (Å²) in [6.07, 6.45) is -3.43. The summed E-state index contributed by atoms with van der Waals surface area (Å²) in [5.41, 5.74) is -0.981. The van der Waals surface area contributed by atoms with Crippen molar-refractivity contribution in [1.29, 1.82) is 5.26 Å². The summed E-state index contributed by atoms with van der Waals surface area (Å²) in [6, 6.07) is 15.9. The molecular weight excluding hydrogens is 618 g/mol. The van der Waals surface area contributed by atoms with Crippen molar-refractivity contribution in [1.82, 2.24) is 5.32 Å². The molecule has 38 heavy (non-hydrogen) atoms. The number of rotatable bonds is 9. The fraction of sp³-hybridized carbons (Fsp3) is 0.154. The Kier molecular flexibility index (Phi) is 9.30. The molecule has 0 radical (unpaired) electrons. The van der Waals surface area contributed by atoms with Crippen molar-refractivity contribution in [2.45, 2.75) is 19.6 Å². The Morgan fingerprint density at radius 3 is 2.47 bits per heavy atom. The number of amides is 1. The van der Waals surface area contributed by atoms with Crippen molar-refractivity contribution in [3.8, 4) is 23.3 Å². The van der Waals surface area contributed by atoms with Crippen LogP contribution in [0.3, 0.4) is 0 Å². The van der Waals surface area contributed by atoms with Crippen LogP contribution >= 0.6 is 22.6 Å². The quantitative estimate of drug-likeness (QED) is 0.0927. The summed E-state index contributed by atoms with van der Waals surface area (Å²) in [5, 5.41) is 23.6. The molecule has 3 rings (SSSR count). The van der Waals surface area contributed by atoms with Gasteiger partial charge in [0.1, 0.15) is 11.6 Å². The number of nitrogens with zero attached hydrogens (tertiary/aromatic N) is 2. The van der Waals surface area contributed by atoms with E-state index >= 15 is 0 Å². The molecule has 1 amide bonds. The highest BCUT2D eigenvalue weighted by molar-refractivity contribution is 14.1. The molecule has 0 fully saturated rings. The molecule has 0 spiro atoms. The molecule has 0 saturated heterocycles. The van der Waals surface area contributed by atoms with Gasteiger partial charge in [-0.1, -0.05) is 30.3 Å². The molecule has 0 unspecified atom stereocenters. The second-order valence-corrected chi connectivity index (χ2v) is 8.80. The standard InChI is InChI=1S/C26H19F3IN3O5/c1-2-37-23-12-17(10-18(14-31)25(34)32-15-16-6-4-3-5-7-16)11-20(30)24(23)38-22-9-8-19(26(27,28)29)13-21(22)33(35)36/h3-13H,2,15H2,1H3,(H,32,34)/b18-10+. The van der Waals surface area contributed by atoms with E-state index in [1.54, 1.807) is 6.92 Å². The minimum absolute atomic E-state index is 0.0273. The lowest BCUT2D eigenvalue weighted by Gasteiger charge is -2.15.